The second-order valence-electron chi connectivity index (χ2n) is 19.0. The van der Waals surface area contributed by atoms with Crippen molar-refractivity contribution in [2.75, 3.05) is 30.3 Å². The number of aliphatic hydroxyl groups excluding tert-OH is 1. The van der Waals surface area contributed by atoms with Gasteiger partial charge in [-0.3, -0.25) is 14.4 Å². The molecule has 6 N–H and O–H groups in total. The van der Waals surface area contributed by atoms with Crippen LogP contribution in [0.25, 0.3) is 21.7 Å². The summed E-state index contributed by atoms with van der Waals surface area (Å²) < 4.78 is 6.34. The number of aryl methyl sites for hydroxylation is 1. The van der Waals surface area contributed by atoms with E-state index in [2.05, 4.69) is 30.7 Å². The Kier molecular flexibility index (Phi) is 13.8. The number of phenols is 1. The van der Waals surface area contributed by atoms with E-state index in [0.717, 1.165) is 59.5 Å². The van der Waals surface area contributed by atoms with E-state index in [0.29, 0.717) is 42.3 Å². The molecular weight excluding hydrogens is 857 g/mol. The van der Waals surface area contributed by atoms with Crippen molar-refractivity contribution in [3.63, 3.8) is 0 Å². The Morgan fingerprint density at radius 2 is 1.65 bits per heavy atom. The zero-order valence-corrected chi connectivity index (χ0v) is 39.0. The minimum atomic E-state index is -0.899. The molecule has 8 rings (SSSR count). The van der Waals surface area contributed by atoms with Crippen molar-refractivity contribution in [3.05, 3.63) is 89.3 Å². The van der Waals surface area contributed by atoms with E-state index in [1.54, 1.807) is 35.6 Å². The molecule has 3 amide bonds. The molecular formula is C49H60N10O6S. The summed E-state index contributed by atoms with van der Waals surface area (Å²) >= 11 is 1.58. The van der Waals surface area contributed by atoms with Crippen LogP contribution in [0.15, 0.2) is 72.5 Å². The maximum atomic E-state index is 14.3. The van der Waals surface area contributed by atoms with E-state index in [1.807, 2.05) is 82.9 Å². The van der Waals surface area contributed by atoms with Crippen LogP contribution in [0.4, 0.5) is 11.8 Å². The van der Waals surface area contributed by atoms with Gasteiger partial charge in [0, 0.05) is 49.5 Å². The first-order valence-corrected chi connectivity index (χ1v) is 23.8. The normalized spacial score (nSPS) is 22.1. The number of carbonyl (C=O) groups is 3. The van der Waals surface area contributed by atoms with Gasteiger partial charge in [-0.2, -0.15) is 0 Å². The van der Waals surface area contributed by atoms with Gasteiger partial charge in [0.05, 0.1) is 34.8 Å². The highest BCUT2D eigenvalue weighted by molar-refractivity contribution is 7.13. The van der Waals surface area contributed by atoms with Gasteiger partial charge < -0.3 is 41.1 Å². The molecule has 17 heteroatoms. The van der Waals surface area contributed by atoms with Gasteiger partial charge in [0.15, 0.2) is 11.6 Å². The molecule has 0 spiro atoms. The number of hydrogen-bond acceptors (Lipinski definition) is 14. The van der Waals surface area contributed by atoms with Crippen LogP contribution in [0.5, 0.6) is 11.5 Å². The van der Waals surface area contributed by atoms with Gasteiger partial charge in [-0.15, -0.1) is 21.5 Å². The van der Waals surface area contributed by atoms with E-state index in [9.17, 15) is 24.6 Å². The van der Waals surface area contributed by atoms with Gasteiger partial charge in [0.2, 0.25) is 23.7 Å². The molecule has 1 unspecified atom stereocenters. The summed E-state index contributed by atoms with van der Waals surface area (Å²) in [4.78, 5) is 60.5. The Hall–Kier alpha value is -6.20. The number of anilines is 2. The van der Waals surface area contributed by atoms with Crippen LogP contribution in [-0.4, -0.2) is 102 Å². The van der Waals surface area contributed by atoms with E-state index in [4.69, 9.17) is 20.4 Å². The smallest absolute Gasteiger partial charge is 0.246 e. The minimum Gasteiger partial charge on any atom is -0.507 e. The number of ether oxygens (including phenoxy) is 1. The van der Waals surface area contributed by atoms with Crippen molar-refractivity contribution in [3.8, 4) is 33.2 Å². The summed E-state index contributed by atoms with van der Waals surface area (Å²) in [5.41, 5.74) is 12.3. The molecule has 3 aliphatic rings. The van der Waals surface area contributed by atoms with Crippen molar-refractivity contribution >= 4 is 40.8 Å². The number of aromatic nitrogens is 5. The van der Waals surface area contributed by atoms with Gasteiger partial charge in [-0.25, -0.2) is 15.0 Å². The number of aromatic hydroxyl groups is 1. The number of β-amino-alcohol motifs (C(OH)–C–C–N with tert-alkyl or cyclic N) is 1. The molecule has 348 valence electrons. The van der Waals surface area contributed by atoms with Crippen LogP contribution < -0.4 is 26.0 Å². The third-order valence-electron chi connectivity index (χ3n) is 13.2. The molecule has 2 aliphatic heterocycles. The number of carbonyl (C=O) groups excluding carboxylic acids is 3. The molecule has 2 saturated heterocycles. The molecule has 0 bridgehead atoms. The Labute approximate surface area is 389 Å². The van der Waals surface area contributed by atoms with Crippen molar-refractivity contribution in [1.82, 2.24) is 40.7 Å². The van der Waals surface area contributed by atoms with Crippen molar-refractivity contribution < 1.29 is 29.3 Å². The van der Waals surface area contributed by atoms with Gasteiger partial charge in [-0.05, 0) is 92.5 Å². The number of likely N-dealkylation sites (tertiary alicyclic amines) is 1. The number of hydrogen-bond donors (Lipinski definition) is 5. The molecule has 5 aromatic rings. The average Bonchev–Trinajstić information content (AvgIpc) is 3.93. The summed E-state index contributed by atoms with van der Waals surface area (Å²) in [6, 6.07) is 14.5. The maximum absolute atomic E-state index is 14.3. The Morgan fingerprint density at radius 1 is 0.924 bits per heavy atom. The monoisotopic (exact) mass is 916 g/mol. The van der Waals surface area contributed by atoms with Gasteiger partial charge in [0.25, 0.3) is 0 Å². The SMILES string of the molecule is Cc1ncsc1-c1ccc([C@H](C)NC(=O)[C@@H]2C[C@@H](O)CN2C(=O)[C@@H](NC(=O)C2CCC(c3cnc(N4CCCC(Oc5cc(-c6ccccc6O)nnc5N)C4)nc3)CC2)C(C)(C)C)cc1. The summed E-state index contributed by atoms with van der Waals surface area (Å²) in [5, 5.41) is 35.5. The number of piperidine rings is 1. The molecule has 16 nitrogen and oxygen atoms in total. The van der Waals surface area contributed by atoms with Crippen LogP contribution in [-0.2, 0) is 14.4 Å². The lowest BCUT2D eigenvalue weighted by molar-refractivity contribution is -0.144. The number of rotatable bonds is 12. The number of nitrogens with zero attached hydrogens (tertiary/aromatic N) is 7. The molecule has 66 heavy (non-hydrogen) atoms. The van der Waals surface area contributed by atoms with Crippen LogP contribution in [0.3, 0.4) is 0 Å². The van der Waals surface area contributed by atoms with Crippen molar-refractivity contribution in [1.29, 1.82) is 0 Å². The first-order valence-electron chi connectivity index (χ1n) is 22.9. The fraction of sp³-hybridized carbons (Fsp3) is 0.469. The predicted molar refractivity (Wildman–Crippen MR) is 252 cm³/mol. The number of amides is 3. The Morgan fingerprint density at radius 3 is 2.33 bits per heavy atom. The second-order valence-corrected chi connectivity index (χ2v) is 19.9. The number of para-hydroxylation sites is 1. The van der Waals surface area contributed by atoms with Crippen molar-refractivity contribution in [2.24, 2.45) is 11.3 Å². The summed E-state index contributed by atoms with van der Waals surface area (Å²) in [6.07, 6.45) is 7.33. The minimum absolute atomic E-state index is 0.00982. The average molecular weight is 917 g/mol. The quantitative estimate of drug-likeness (QED) is 0.0923. The number of nitrogens with two attached hydrogens (primary N) is 1. The molecule has 5 atom stereocenters. The number of nitrogens with one attached hydrogen (secondary N) is 2. The zero-order chi connectivity index (χ0) is 46.7. The fourth-order valence-electron chi connectivity index (χ4n) is 9.37. The lowest BCUT2D eigenvalue weighted by Crippen LogP contribution is -2.58. The van der Waals surface area contributed by atoms with Crippen LogP contribution >= 0.6 is 11.3 Å². The van der Waals surface area contributed by atoms with Crippen LogP contribution in [0, 0.1) is 18.3 Å². The third-order valence-corrected chi connectivity index (χ3v) is 14.2. The first-order chi connectivity index (χ1) is 31.6. The lowest BCUT2D eigenvalue weighted by atomic mass is 9.78. The number of phenolic OH excluding ortho intramolecular Hbond substituents is 1. The molecule has 5 heterocycles. The number of nitrogen functional groups attached to an aromatic ring is 1. The molecule has 1 aliphatic carbocycles. The lowest BCUT2D eigenvalue weighted by Gasteiger charge is -2.37. The second kappa shape index (κ2) is 19.7. The molecule has 2 aromatic carbocycles. The van der Waals surface area contributed by atoms with E-state index in [-0.39, 0.29) is 66.2 Å². The highest BCUT2D eigenvalue weighted by Gasteiger charge is 2.45. The Balaban J connectivity index is 0.838. The predicted octanol–water partition coefficient (Wildman–Crippen LogP) is 6.35. The zero-order valence-electron chi connectivity index (χ0n) is 38.2. The van der Waals surface area contributed by atoms with Crippen LogP contribution in [0.2, 0.25) is 0 Å². The highest BCUT2D eigenvalue weighted by Crippen LogP contribution is 2.37. The van der Waals surface area contributed by atoms with E-state index in [1.165, 1.54) is 4.90 Å². The summed E-state index contributed by atoms with van der Waals surface area (Å²) in [6.45, 7) is 10.9. The van der Waals surface area contributed by atoms with Gasteiger partial charge in [0.1, 0.15) is 29.6 Å². The number of thiazole rings is 1. The number of aliphatic hydroxyl groups is 1. The summed E-state index contributed by atoms with van der Waals surface area (Å²) in [5.74, 6) is 0.292. The highest BCUT2D eigenvalue weighted by atomic mass is 32.1. The van der Waals surface area contributed by atoms with Crippen LogP contribution in [0.1, 0.15) is 101 Å². The van der Waals surface area contributed by atoms with E-state index >= 15 is 0 Å². The van der Waals surface area contributed by atoms with E-state index < -0.39 is 23.6 Å². The topological polar surface area (TPSA) is 222 Å². The molecule has 3 fully saturated rings. The summed E-state index contributed by atoms with van der Waals surface area (Å²) in [7, 11) is 0. The Bertz CT molecular complexity index is 2510. The maximum Gasteiger partial charge on any atom is 0.246 e. The van der Waals surface area contributed by atoms with Gasteiger partial charge in [-0.1, -0.05) is 57.2 Å². The number of benzene rings is 2. The largest absolute Gasteiger partial charge is 0.507 e. The first kappa shape index (κ1) is 46.3. The molecule has 3 aromatic heterocycles. The molecule has 1 saturated carbocycles. The fourth-order valence-corrected chi connectivity index (χ4v) is 10.2. The molecule has 0 radical (unpaired) electrons. The van der Waals surface area contributed by atoms with Gasteiger partial charge >= 0.3 is 0 Å². The third kappa shape index (κ3) is 10.4. The standard InChI is InChI=1S/C49H60N10O6S/c1-28(30-12-16-32(17-13-30)42-29(2)53-27-66-42)54-46(63)39-21-35(60)25-59(39)47(64)43(49(3,4)5)55-45(62)33-18-14-31(15-19-33)34-23-51-48(52-24-34)58-20-8-9-36(26-58)65-41-22-38(56-57-44(41)50)37-10-6-7-11-40(37)61/h6-7,10-13,16-17,22-24,27-28,31,33,35-36,39,43,60-61H,8-9,14-15,18-21,25-26H2,1-5H3,(H2,50,57)(H,54,63)(H,55,62)/t28-,31?,33?,35+,36?,39-,43+/m0/s1. The van der Waals surface area contributed by atoms with Crippen molar-refractivity contribution in [2.45, 2.75) is 116 Å².